The number of nitrogens with zero attached hydrogens (tertiary/aromatic N) is 2. The lowest BCUT2D eigenvalue weighted by Gasteiger charge is -2.18. The predicted molar refractivity (Wildman–Crippen MR) is 61.1 cm³/mol. The average Bonchev–Trinajstić information content (AvgIpc) is 2.86. The Kier molecular flexibility index (Phi) is 2.48. The largest absolute Gasteiger partial charge is 0.370 e. The van der Waals surface area contributed by atoms with Crippen LogP contribution in [0.4, 0.5) is 0 Å². The maximum absolute atomic E-state index is 5.98. The minimum absolute atomic E-state index is 0.215. The maximum atomic E-state index is 5.98. The standard InChI is InChI=1S/C12H19N3O/c1-15-10-5-4-8(13)7-9(10)14-12(15)11-3-2-6-16-11/h8,11H,2-7,13H2,1H3. The van der Waals surface area contributed by atoms with Crippen molar-refractivity contribution in [3.05, 3.63) is 17.2 Å². The van der Waals surface area contributed by atoms with Crippen molar-refractivity contribution in [3.63, 3.8) is 0 Å². The van der Waals surface area contributed by atoms with Crippen LogP contribution in [0, 0.1) is 0 Å². The van der Waals surface area contributed by atoms with Crippen LogP contribution in [0.2, 0.25) is 0 Å². The van der Waals surface area contributed by atoms with E-state index in [0.29, 0.717) is 6.04 Å². The van der Waals surface area contributed by atoms with E-state index in [9.17, 15) is 0 Å². The van der Waals surface area contributed by atoms with Crippen LogP contribution in [0.25, 0.3) is 0 Å². The van der Waals surface area contributed by atoms with Crippen molar-refractivity contribution in [1.29, 1.82) is 0 Å². The van der Waals surface area contributed by atoms with Gasteiger partial charge in [0, 0.05) is 31.8 Å². The van der Waals surface area contributed by atoms with Crippen LogP contribution in [0.1, 0.15) is 42.6 Å². The van der Waals surface area contributed by atoms with Crippen LogP contribution in [0.15, 0.2) is 0 Å². The van der Waals surface area contributed by atoms with E-state index in [1.807, 2.05) is 0 Å². The molecular weight excluding hydrogens is 202 g/mol. The van der Waals surface area contributed by atoms with Crippen LogP contribution < -0.4 is 5.73 Å². The van der Waals surface area contributed by atoms with E-state index in [1.54, 1.807) is 0 Å². The molecular formula is C12H19N3O. The summed E-state index contributed by atoms with van der Waals surface area (Å²) in [6.07, 6.45) is 5.55. The van der Waals surface area contributed by atoms with Gasteiger partial charge in [0.05, 0.1) is 5.69 Å². The number of nitrogens with two attached hydrogens (primary N) is 1. The van der Waals surface area contributed by atoms with Crippen molar-refractivity contribution in [2.75, 3.05) is 6.61 Å². The van der Waals surface area contributed by atoms with Gasteiger partial charge in [0.25, 0.3) is 0 Å². The lowest BCUT2D eigenvalue weighted by atomic mass is 9.97. The monoisotopic (exact) mass is 221 g/mol. The molecule has 0 amide bonds. The van der Waals surface area contributed by atoms with E-state index >= 15 is 0 Å². The van der Waals surface area contributed by atoms with Gasteiger partial charge in [-0.1, -0.05) is 0 Å². The summed E-state index contributed by atoms with van der Waals surface area (Å²) in [6, 6.07) is 0.291. The maximum Gasteiger partial charge on any atom is 0.138 e. The minimum Gasteiger partial charge on any atom is -0.370 e. The number of aromatic nitrogens is 2. The highest BCUT2D eigenvalue weighted by Gasteiger charge is 2.27. The minimum atomic E-state index is 0.215. The SMILES string of the molecule is Cn1c(C2CCCO2)nc2c1CCC(N)C2. The zero-order valence-corrected chi connectivity index (χ0v) is 9.78. The molecule has 1 saturated heterocycles. The molecule has 2 atom stereocenters. The van der Waals surface area contributed by atoms with E-state index in [1.165, 1.54) is 11.4 Å². The Balaban J connectivity index is 1.95. The molecule has 0 bridgehead atoms. The zero-order chi connectivity index (χ0) is 11.1. The summed E-state index contributed by atoms with van der Waals surface area (Å²) < 4.78 is 7.94. The van der Waals surface area contributed by atoms with Crippen LogP contribution in [0.5, 0.6) is 0 Å². The second-order valence-electron chi connectivity index (χ2n) is 4.93. The first-order valence-electron chi connectivity index (χ1n) is 6.17. The van der Waals surface area contributed by atoms with Gasteiger partial charge in [0.2, 0.25) is 0 Å². The zero-order valence-electron chi connectivity index (χ0n) is 9.78. The fourth-order valence-corrected chi connectivity index (χ4v) is 2.83. The highest BCUT2D eigenvalue weighted by Crippen LogP contribution is 2.30. The molecule has 1 aliphatic heterocycles. The topological polar surface area (TPSA) is 53.1 Å². The molecule has 0 aromatic carbocycles. The Morgan fingerprint density at radius 3 is 3.06 bits per heavy atom. The van der Waals surface area contributed by atoms with Crippen molar-refractivity contribution >= 4 is 0 Å². The Morgan fingerprint density at radius 1 is 1.44 bits per heavy atom. The van der Waals surface area contributed by atoms with Gasteiger partial charge in [-0.3, -0.25) is 0 Å². The Labute approximate surface area is 95.8 Å². The number of ether oxygens (including phenoxy) is 1. The number of rotatable bonds is 1. The molecule has 2 aliphatic rings. The van der Waals surface area contributed by atoms with Crippen molar-refractivity contribution in [3.8, 4) is 0 Å². The van der Waals surface area contributed by atoms with Gasteiger partial charge in [-0.05, 0) is 25.7 Å². The fourth-order valence-electron chi connectivity index (χ4n) is 2.83. The van der Waals surface area contributed by atoms with Gasteiger partial charge in [-0.15, -0.1) is 0 Å². The molecule has 1 aromatic rings. The predicted octanol–water partition coefficient (Wildman–Crippen LogP) is 1.09. The lowest BCUT2D eigenvalue weighted by Crippen LogP contribution is -2.28. The van der Waals surface area contributed by atoms with Gasteiger partial charge < -0.3 is 15.0 Å². The third kappa shape index (κ3) is 1.57. The summed E-state index contributed by atoms with van der Waals surface area (Å²) in [5.74, 6) is 1.11. The molecule has 1 aromatic heterocycles. The molecule has 88 valence electrons. The summed E-state index contributed by atoms with van der Waals surface area (Å²) in [7, 11) is 2.11. The van der Waals surface area contributed by atoms with Crippen LogP contribution >= 0.6 is 0 Å². The highest BCUT2D eigenvalue weighted by atomic mass is 16.5. The van der Waals surface area contributed by atoms with Gasteiger partial charge in [0.1, 0.15) is 11.9 Å². The summed E-state index contributed by atoms with van der Waals surface area (Å²) in [5, 5.41) is 0. The van der Waals surface area contributed by atoms with Gasteiger partial charge in [-0.25, -0.2) is 4.98 Å². The molecule has 16 heavy (non-hydrogen) atoms. The van der Waals surface area contributed by atoms with Crippen molar-refractivity contribution in [2.45, 2.75) is 44.2 Å². The summed E-state index contributed by atoms with van der Waals surface area (Å²) in [5.41, 5.74) is 8.55. The quantitative estimate of drug-likeness (QED) is 0.772. The first kappa shape index (κ1) is 10.3. The Morgan fingerprint density at radius 2 is 2.31 bits per heavy atom. The molecule has 1 aliphatic carbocycles. The number of fused-ring (bicyclic) bond motifs is 1. The van der Waals surface area contributed by atoms with Crippen molar-refractivity contribution < 1.29 is 4.74 Å². The van der Waals surface area contributed by atoms with Gasteiger partial charge in [0.15, 0.2) is 0 Å². The molecule has 0 radical (unpaired) electrons. The summed E-state index contributed by atoms with van der Waals surface area (Å²) >= 11 is 0. The molecule has 1 fully saturated rings. The lowest BCUT2D eigenvalue weighted by molar-refractivity contribution is 0.102. The van der Waals surface area contributed by atoms with Gasteiger partial charge in [-0.2, -0.15) is 0 Å². The second-order valence-corrected chi connectivity index (χ2v) is 4.93. The molecule has 2 unspecified atom stereocenters. The smallest absolute Gasteiger partial charge is 0.138 e. The van der Waals surface area contributed by atoms with Gasteiger partial charge >= 0.3 is 0 Å². The first-order valence-corrected chi connectivity index (χ1v) is 6.17. The molecule has 0 spiro atoms. The molecule has 4 heteroatoms. The Hall–Kier alpha value is -0.870. The van der Waals surface area contributed by atoms with E-state index in [2.05, 4.69) is 11.6 Å². The van der Waals surface area contributed by atoms with E-state index < -0.39 is 0 Å². The van der Waals surface area contributed by atoms with Crippen molar-refractivity contribution in [1.82, 2.24) is 9.55 Å². The number of hydrogen-bond donors (Lipinski definition) is 1. The summed E-state index contributed by atoms with van der Waals surface area (Å²) in [6.45, 7) is 0.877. The molecule has 3 rings (SSSR count). The van der Waals surface area contributed by atoms with Crippen LogP contribution in [-0.4, -0.2) is 22.2 Å². The third-order valence-corrected chi connectivity index (χ3v) is 3.76. The molecule has 0 saturated carbocycles. The van der Waals surface area contributed by atoms with Crippen molar-refractivity contribution in [2.24, 2.45) is 12.8 Å². The number of imidazole rings is 1. The molecule has 2 N–H and O–H groups in total. The van der Waals surface area contributed by atoms with Crippen LogP contribution in [0.3, 0.4) is 0 Å². The number of hydrogen-bond acceptors (Lipinski definition) is 3. The Bertz CT molecular complexity index is 393. The highest BCUT2D eigenvalue weighted by molar-refractivity contribution is 5.22. The van der Waals surface area contributed by atoms with E-state index in [-0.39, 0.29) is 6.10 Å². The molecule has 4 nitrogen and oxygen atoms in total. The van der Waals surface area contributed by atoms with E-state index in [0.717, 1.165) is 44.5 Å². The molecule has 2 heterocycles. The fraction of sp³-hybridized carbons (Fsp3) is 0.750. The first-order chi connectivity index (χ1) is 7.75. The third-order valence-electron chi connectivity index (χ3n) is 3.76. The normalized spacial score (nSPS) is 29.4. The average molecular weight is 221 g/mol. The second kappa shape index (κ2) is 3.86. The van der Waals surface area contributed by atoms with E-state index in [4.69, 9.17) is 15.5 Å². The summed E-state index contributed by atoms with van der Waals surface area (Å²) in [4.78, 5) is 4.74. The van der Waals surface area contributed by atoms with Crippen LogP contribution in [-0.2, 0) is 24.6 Å².